The highest BCUT2D eigenvalue weighted by Crippen LogP contribution is 2.21. The zero-order chi connectivity index (χ0) is 11.5. The summed E-state index contributed by atoms with van der Waals surface area (Å²) < 4.78 is 0. The highest BCUT2D eigenvalue weighted by molar-refractivity contribution is 6.30. The van der Waals surface area contributed by atoms with Crippen molar-refractivity contribution < 1.29 is 0 Å². The first-order valence-electron chi connectivity index (χ1n) is 4.95. The summed E-state index contributed by atoms with van der Waals surface area (Å²) >= 11 is 5.77. The van der Waals surface area contributed by atoms with E-state index in [2.05, 4.69) is 25.8 Å². The molecule has 0 spiro atoms. The Morgan fingerprint density at radius 1 is 1.27 bits per heavy atom. The third kappa shape index (κ3) is 4.84. The average molecular weight is 225 g/mol. The molecule has 2 N–H and O–H groups in total. The highest BCUT2D eigenvalue weighted by atomic mass is 35.5. The molecule has 0 unspecified atom stereocenters. The summed E-state index contributed by atoms with van der Waals surface area (Å²) in [5.74, 6) is 0.657. The molecule has 1 aromatic carbocycles. The van der Waals surface area contributed by atoms with Gasteiger partial charge in [-0.05, 0) is 29.7 Å². The molecule has 82 valence electrons. The van der Waals surface area contributed by atoms with Crippen LogP contribution in [0.5, 0.6) is 0 Å². The van der Waals surface area contributed by atoms with E-state index >= 15 is 0 Å². The summed E-state index contributed by atoms with van der Waals surface area (Å²) in [5.41, 5.74) is 6.86. The lowest BCUT2D eigenvalue weighted by molar-refractivity contribution is 0.432. The Balaban J connectivity index is 2.75. The third-order valence-corrected chi connectivity index (χ3v) is 2.06. The molecule has 0 saturated heterocycles. The van der Waals surface area contributed by atoms with Crippen LogP contribution in [0.4, 0.5) is 5.69 Å². The number of hydrogen-bond donors (Lipinski definition) is 1. The number of aliphatic imine (C=N–C) groups is 1. The van der Waals surface area contributed by atoms with E-state index in [1.807, 2.05) is 24.3 Å². The van der Waals surface area contributed by atoms with Gasteiger partial charge >= 0.3 is 0 Å². The number of rotatable bonds is 2. The lowest BCUT2D eigenvalue weighted by atomic mass is 9.92. The topological polar surface area (TPSA) is 38.4 Å². The molecule has 0 aliphatic carbocycles. The molecule has 1 rings (SSSR count). The van der Waals surface area contributed by atoms with Crippen molar-refractivity contribution in [1.82, 2.24) is 0 Å². The van der Waals surface area contributed by atoms with Crippen LogP contribution < -0.4 is 5.73 Å². The fourth-order valence-corrected chi connectivity index (χ4v) is 1.39. The molecule has 1 aromatic rings. The second-order valence-electron chi connectivity index (χ2n) is 4.82. The van der Waals surface area contributed by atoms with Crippen molar-refractivity contribution in [2.45, 2.75) is 27.2 Å². The molecule has 0 radical (unpaired) electrons. The van der Waals surface area contributed by atoms with Crippen molar-refractivity contribution in [3.63, 3.8) is 0 Å². The van der Waals surface area contributed by atoms with E-state index in [0.29, 0.717) is 10.9 Å². The quantitative estimate of drug-likeness (QED) is 0.603. The highest BCUT2D eigenvalue weighted by Gasteiger charge is 2.12. The van der Waals surface area contributed by atoms with Crippen molar-refractivity contribution >= 4 is 23.1 Å². The van der Waals surface area contributed by atoms with E-state index in [0.717, 1.165) is 12.1 Å². The Kier molecular flexibility index (Phi) is 3.75. The van der Waals surface area contributed by atoms with Crippen LogP contribution in [0.2, 0.25) is 5.02 Å². The van der Waals surface area contributed by atoms with E-state index in [-0.39, 0.29) is 5.41 Å². The summed E-state index contributed by atoms with van der Waals surface area (Å²) in [7, 11) is 0. The standard InChI is InChI=1S/C12H17ClN2/c1-12(2,3)8-11(14)15-10-6-4-9(13)5-7-10/h4-7H,8H2,1-3H3,(H2,14,15). The minimum absolute atomic E-state index is 0.167. The minimum atomic E-state index is 0.167. The lowest BCUT2D eigenvalue weighted by Gasteiger charge is -2.17. The van der Waals surface area contributed by atoms with E-state index in [1.54, 1.807) is 0 Å². The van der Waals surface area contributed by atoms with Crippen LogP contribution in [-0.4, -0.2) is 5.84 Å². The minimum Gasteiger partial charge on any atom is -0.387 e. The van der Waals surface area contributed by atoms with Crippen LogP contribution in [0.1, 0.15) is 27.2 Å². The zero-order valence-electron chi connectivity index (χ0n) is 9.42. The van der Waals surface area contributed by atoms with Crippen LogP contribution >= 0.6 is 11.6 Å². The molecule has 0 amide bonds. The van der Waals surface area contributed by atoms with E-state index < -0.39 is 0 Å². The van der Waals surface area contributed by atoms with Crippen molar-refractivity contribution in [3.05, 3.63) is 29.3 Å². The van der Waals surface area contributed by atoms with E-state index in [4.69, 9.17) is 17.3 Å². The van der Waals surface area contributed by atoms with Gasteiger partial charge in [0, 0.05) is 11.4 Å². The Morgan fingerprint density at radius 2 is 1.80 bits per heavy atom. The fraction of sp³-hybridized carbons (Fsp3) is 0.417. The Morgan fingerprint density at radius 3 is 2.27 bits per heavy atom. The SMILES string of the molecule is CC(C)(C)CC(N)=Nc1ccc(Cl)cc1. The Bertz CT molecular complexity index is 347. The van der Waals surface area contributed by atoms with Crippen molar-refractivity contribution in [2.75, 3.05) is 0 Å². The summed E-state index contributed by atoms with van der Waals surface area (Å²) in [4.78, 5) is 4.32. The van der Waals surface area contributed by atoms with Crippen LogP contribution in [0, 0.1) is 5.41 Å². The van der Waals surface area contributed by atoms with Crippen LogP contribution in [0.15, 0.2) is 29.3 Å². The van der Waals surface area contributed by atoms with Crippen LogP contribution in [0.25, 0.3) is 0 Å². The summed E-state index contributed by atoms with van der Waals surface area (Å²) in [6.07, 6.45) is 0.787. The average Bonchev–Trinajstić information content (AvgIpc) is 2.05. The lowest BCUT2D eigenvalue weighted by Crippen LogP contribution is -2.19. The summed E-state index contributed by atoms with van der Waals surface area (Å²) in [5, 5.41) is 0.711. The summed E-state index contributed by atoms with van der Waals surface area (Å²) in [6.45, 7) is 6.41. The second kappa shape index (κ2) is 4.67. The van der Waals surface area contributed by atoms with Gasteiger partial charge < -0.3 is 5.73 Å². The van der Waals surface area contributed by atoms with Gasteiger partial charge in [0.05, 0.1) is 5.69 Å². The van der Waals surface area contributed by atoms with Crippen molar-refractivity contribution in [2.24, 2.45) is 16.1 Å². The van der Waals surface area contributed by atoms with E-state index in [9.17, 15) is 0 Å². The monoisotopic (exact) mass is 224 g/mol. The van der Waals surface area contributed by atoms with Gasteiger partial charge in [0.2, 0.25) is 0 Å². The number of benzene rings is 1. The van der Waals surface area contributed by atoms with Gasteiger partial charge in [-0.15, -0.1) is 0 Å². The van der Waals surface area contributed by atoms with Gasteiger partial charge in [-0.1, -0.05) is 32.4 Å². The van der Waals surface area contributed by atoms with Crippen molar-refractivity contribution in [1.29, 1.82) is 0 Å². The number of hydrogen-bond acceptors (Lipinski definition) is 1. The van der Waals surface area contributed by atoms with Gasteiger partial charge in [0.25, 0.3) is 0 Å². The molecule has 3 heteroatoms. The van der Waals surface area contributed by atoms with Gasteiger partial charge in [0.15, 0.2) is 0 Å². The molecule has 0 aromatic heterocycles. The number of nitrogens with zero attached hydrogens (tertiary/aromatic N) is 1. The number of nitrogens with two attached hydrogens (primary N) is 1. The maximum atomic E-state index is 5.85. The van der Waals surface area contributed by atoms with Crippen LogP contribution in [-0.2, 0) is 0 Å². The summed E-state index contributed by atoms with van der Waals surface area (Å²) in [6, 6.07) is 7.34. The Labute approximate surface area is 96.2 Å². The molecule has 0 aliphatic rings. The smallest absolute Gasteiger partial charge is 0.100 e. The second-order valence-corrected chi connectivity index (χ2v) is 5.25. The first kappa shape index (κ1) is 12.1. The molecule has 0 heterocycles. The predicted octanol–water partition coefficient (Wildman–Crippen LogP) is 3.76. The maximum absolute atomic E-state index is 5.85. The normalized spacial score (nSPS) is 12.9. The first-order valence-corrected chi connectivity index (χ1v) is 5.33. The number of amidine groups is 1. The molecular weight excluding hydrogens is 208 g/mol. The third-order valence-electron chi connectivity index (χ3n) is 1.81. The van der Waals surface area contributed by atoms with Gasteiger partial charge in [-0.2, -0.15) is 0 Å². The zero-order valence-corrected chi connectivity index (χ0v) is 10.2. The molecule has 0 fully saturated rings. The van der Waals surface area contributed by atoms with Gasteiger partial charge in [-0.25, -0.2) is 4.99 Å². The van der Waals surface area contributed by atoms with Crippen LogP contribution in [0.3, 0.4) is 0 Å². The molecule has 0 bridgehead atoms. The molecule has 0 aliphatic heterocycles. The molecule has 15 heavy (non-hydrogen) atoms. The molecule has 0 atom stereocenters. The number of halogens is 1. The van der Waals surface area contributed by atoms with Gasteiger partial charge in [-0.3, -0.25) is 0 Å². The van der Waals surface area contributed by atoms with E-state index in [1.165, 1.54) is 0 Å². The first-order chi connectivity index (χ1) is 6.87. The molecule has 0 saturated carbocycles. The fourth-order valence-electron chi connectivity index (χ4n) is 1.26. The molecular formula is C12H17ClN2. The molecule has 2 nitrogen and oxygen atoms in total. The Hall–Kier alpha value is -1.02. The largest absolute Gasteiger partial charge is 0.387 e. The van der Waals surface area contributed by atoms with Gasteiger partial charge in [0.1, 0.15) is 5.84 Å². The van der Waals surface area contributed by atoms with Crippen molar-refractivity contribution in [3.8, 4) is 0 Å². The predicted molar refractivity (Wildman–Crippen MR) is 66.8 cm³/mol. The maximum Gasteiger partial charge on any atom is 0.100 e.